The van der Waals surface area contributed by atoms with Gasteiger partial charge in [-0.2, -0.15) is 0 Å². The summed E-state index contributed by atoms with van der Waals surface area (Å²) in [5.41, 5.74) is 2.04. The maximum absolute atomic E-state index is 3.04. The van der Waals surface area contributed by atoms with Crippen molar-refractivity contribution in [2.24, 2.45) is 5.41 Å². The van der Waals surface area contributed by atoms with Gasteiger partial charge in [-0.25, -0.2) is 0 Å². The van der Waals surface area contributed by atoms with E-state index < -0.39 is 0 Å². The van der Waals surface area contributed by atoms with Crippen LogP contribution in [-0.4, -0.2) is 0 Å². The summed E-state index contributed by atoms with van der Waals surface area (Å²) in [6, 6.07) is 11.4. The van der Waals surface area contributed by atoms with Crippen LogP contribution in [0.4, 0.5) is 0 Å². The maximum atomic E-state index is 3.04. The minimum atomic E-state index is 0.557. The van der Waals surface area contributed by atoms with Crippen LogP contribution in [0.3, 0.4) is 0 Å². The van der Waals surface area contributed by atoms with Crippen LogP contribution in [0, 0.1) is 11.5 Å². The fourth-order valence-corrected chi connectivity index (χ4v) is 1.67. The van der Waals surface area contributed by atoms with Crippen LogP contribution >= 0.6 is 0 Å². The number of hydrogen-bond acceptors (Lipinski definition) is 0. The third kappa shape index (κ3) is 1.18. The number of rotatable bonds is 1. The smallest absolute Gasteiger partial charge is 0.0105 e. The van der Waals surface area contributed by atoms with E-state index in [1.807, 2.05) is 12.1 Å². The predicted octanol–water partition coefficient (Wildman–Crippen LogP) is 3.00. The third-order valence-corrected chi connectivity index (χ3v) is 2.66. The van der Waals surface area contributed by atoms with Crippen molar-refractivity contribution in [3.8, 4) is 0 Å². The first-order chi connectivity index (χ1) is 5.20. The average Bonchev–Trinajstić information content (AvgIpc) is 2.62. The zero-order valence-electron chi connectivity index (χ0n) is 7.09. The molecular weight excluding hydrogens is 132 g/mol. The van der Waals surface area contributed by atoms with Crippen LogP contribution < -0.4 is 0 Å². The zero-order chi connectivity index (χ0) is 7.90. The molecule has 1 aromatic carbocycles. The second-order valence-corrected chi connectivity index (χ2v) is 4.08. The summed E-state index contributed by atoms with van der Waals surface area (Å²) in [4.78, 5) is 0. The Morgan fingerprint density at radius 1 is 1.36 bits per heavy atom. The summed E-state index contributed by atoms with van der Waals surface area (Å²) >= 11 is 0. The molecule has 0 aliphatic heterocycles. The summed E-state index contributed by atoms with van der Waals surface area (Å²) in [6.45, 7) is 4.66. The number of hydrogen-bond donors (Lipinski definition) is 0. The van der Waals surface area contributed by atoms with E-state index in [1.54, 1.807) is 0 Å². The molecule has 1 radical (unpaired) electrons. The Morgan fingerprint density at radius 3 is 2.36 bits per heavy atom. The highest BCUT2D eigenvalue weighted by atomic mass is 14.5. The average molecular weight is 145 g/mol. The van der Waals surface area contributed by atoms with Crippen LogP contribution in [0.15, 0.2) is 24.3 Å². The van der Waals surface area contributed by atoms with E-state index >= 15 is 0 Å². The van der Waals surface area contributed by atoms with Crippen molar-refractivity contribution in [1.82, 2.24) is 0 Å². The van der Waals surface area contributed by atoms with Crippen LogP contribution in [0.25, 0.3) is 0 Å². The monoisotopic (exact) mass is 145 g/mol. The molecule has 1 aliphatic rings. The Bertz CT molecular complexity index is 246. The molecule has 1 saturated carbocycles. The first kappa shape index (κ1) is 6.90. The van der Waals surface area contributed by atoms with Gasteiger partial charge in [-0.1, -0.05) is 38.1 Å². The van der Waals surface area contributed by atoms with Gasteiger partial charge in [0.2, 0.25) is 0 Å². The topological polar surface area (TPSA) is 0 Å². The van der Waals surface area contributed by atoms with Gasteiger partial charge < -0.3 is 0 Å². The third-order valence-electron chi connectivity index (χ3n) is 2.66. The van der Waals surface area contributed by atoms with Gasteiger partial charge in [0, 0.05) is 0 Å². The highest BCUT2D eigenvalue weighted by molar-refractivity contribution is 5.27. The molecule has 0 spiro atoms. The van der Waals surface area contributed by atoms with Crippen LogP contribution in [-0.2, 0) is 0 Å². The molecule has 2 rings (SSSR count). The quantitative estimate of drug-likeness (QED) is 0.570. The molecule has 0 saturated heterocycles. The molecule has 0 heteroatoms. The lowest BCUT2D eigenvalue weighted by atomic mass is 10.0. The predicted molar refractivity (Wildman–Crippen MR) is 46.4 cm³/mol. The molecule has 1 aliphatic carbocycles. The molecule has 1 fully saturated rings. The molecule has 0 amide bonds. The molecule has 57 valence electrons. The molecule has 0 nitrogen and oxygen atoms in total. The minimum absolute atomic E-state index is 0.557. The second-order valence-electron chi connectivity index (χ2n) is 4.08. The SMILES string of the molecule is CC1(C)CC1c1cc[c]cc1. The van der Waals surface area contributed by atoms with E-state index in [9.17, 15) is 0 Å². The Balaban J connectivity index is 2.21. The van der Waals surface area contributed by atoms with Crippen molar-refractivity contribution >= 4 is 0 Å². The molecule has 0 heterocycles. The molecule has 11 heavy (non-hydrogen) atoms. The van der Waals surface area contributed by atoms with Gasteiger partial charge >= 0.3 is 0 Å². The molecule has 1 unspecified atom stereocenters. The fourth-order valence-electron chi connectivity index (χ4n) is 1.67. The van der Waals surface area contributed by atoms with E-state index in [0.717, 1.165) is 5.92 Å². The summed E-state index contributed by atoms with van der Waals surface area (Å²) in [5.74, 6) is 0.803. The van der Waals surface area contributed by atoms with E-state index in [1.165, 1.54) is 12.0 Å². The second kappa shape index (κ2) is 2.10. The lowest BCUT2D eigenvalue weighted by molar-refractivity contribution is 0.622. The van der Waals surface area contributed by atoms with Gasteiger partial charge in [-0.3, -0.25) is 0 Å². The molecule has 1 atom stereocenters. The molecule has 1 aromatic rings. The zero-order valence-corrected chi connectivity index (χ0v) is 7.09. The van der Waals surface area contributed by atoms with Crippen molar-refractivity contribution in [3.63, 3.8) is 0 Å². The highest BCUT2D eigenvalue weighted by Crippen LogP contribution is 2.58. The Labute approximate surface area is 68.3 Å². The van der Waals surface area contributed by atoms with Gasteiger partial charge in [-0.15, -0.1) is 0 Å². The first-order valence-corrected chi connectivity index (χ1v) is 4.16. The normalized spacial score (nSPS) is 26.5. The Morgan fingerprint density at radius 2 is 1.91 bits per heavy atom. The van der Waals surface area contributed by atoms with Gasteiger partial charge in [0.1, 0.15) is 0 Å². The van der Waals surface area contributed by atoms with Crippen LogP contribution in [0.1, 0.15) is 31.7 Å². The van der Waals surface area contributed by atoms with Crippen LogP contribution in [0.2, 0.25) is 0 Å². The van der Waals surface area contributed by atoms with E-state index in [2.05, 4.69) is 32.0 Å². The van der Waals surface area contributed by atoms with Crippen molar-refractivity contribution < 1.29 is 0 Å². The molecule has 0 bridgehead atoms. The lowest BCUT2D eigenvalue weighted by Gasteiger charge is -2.01. The van der Waals surface area contributed by atoms with E-state index in [-0.39, 0.29) is 0 Å². The summed E-state index contributed by atoms with van der Waals surface area (Å²) in [7, 11) is 0. The molecule has 0 aromatic heterocycles. The largest absolute Gasteiger partial charge is 0.0593 e. The van der Waals surface area contributed by atoms with Crippen molar-refractivity contribution in [2.45, 2.75) is 26.2 Å². The van der Waals surface area contributed by atoms with Crippen molar-refractivity contribution in [1.29, 1.82) is 0 Å². The van der Waals surface area contributed by atoms with Gasteiger partial charge in [0.05, 0.1) is 0 Å². The van der Waals surface area contributed by atoms with Gasteiger partial charge in [-0.05, 0) is 29.4 Å². The minimum Gasteiger partial charge on any atom is -0.0593 e. The molecular formula is C11H13. The number of benzene rings is 1. The Hall–Kier alpha value is -0.780. The van der Waals surface area contributed by atoms with Crippen molar-refractivity contribution in [3.05, 3.63) is 35.9 Å². The standard InChI is InChI=1S/C11H13/c1-11(2)8-10(11)9-6-4-3-5-7-9/h4-7,10H,8H2,1-2H3. The van der Waals surface area contributed by atoms with Crippen LogP contribution in [0.5, 0.6) is 0 Å². The fraction of sp³-hybridized carbons (Fsp3) is 0.455. The van der Waals surface area contributed by atoms with E-state index in [4.69, 9.17) is 0 Å². The van der Waals surface area contributed by atoms with E-state index in [0.29, 0.717) is 5.41 Å². The lowest BCUT2D eigenvalue weighted by Crippen LogP contribution is -1.88. The first-order valence-electron chi connectivity index (χ1n) is 4.16. The van der Waals surface area contributed by atoms with Gasteiger partial charge in [0.15, 0.2) is 0 Å². The summed E-state index contributed by atoms with van der Waals surface area (Å²) in [5, 5.41) is 0. The summed E-state index contributed by atoms with van der Waals surface area (Å²) in [6.07, 6.45) is 1.34. The molecule has 0 N–H and O–H groups in total. The summed E-state index contributed by atoms with van der Waals surface area (Å²) < 4.78 is 0. The highest BCUT2D eigenvalue weighted by Gasteiger charge is 2.46. The van der Waals surface area contributed by atoms with Gasteiger partial charge in [0.25, 0.3) is 0 Å². The maximum Gasteiger partial charge on any atom is -0.0105 e. The van der Waals surface area contributed by atoms with Crippen molar-refractivity contribution in [2.75, 3.05) is 0 Å². The Kier molecular flexibility index (Phi) is 1.32.